The molecule has 218 valence electrons. The van der Waals surface area contributed by atoms with Crippen LogP contribution in [0.25, 0.3) is 43.2 Å². The van der Waals surface area contributed by atoms with Crippen molar-refractivity contribution < 1.29 is 15.0 Å². The van der Waals surface area contributed by atoms with Crippen LogP contribution in [-0.4, -0.2) is 38.8 Å². The van der Waals surface area contributed by atoms with Gasteiger partial charge in [0.15, 0.2) is 0 Å². The Bertz CT molecular complexity index is 1740. The molecule has 6 N–H and O–H groups in total. The molecule has 0 fully saturated rings. The Hall–Kier alpha value is -4.02. The lowest BCUT2D eigenvalue weighted by Gasteiger charge is -2.15. The van der Waals surface area contributed by atoms with Gasteiger partial charge in [-0.05, 0) is 86.8 Å². The van der Waals surface area contributed by atoms with E-state index < -0.39 is 11.6 Å². The van der Waals surface area contributed by atoms with Crippen molar-refractivity contribution in [3.05, 3.63) is 83.0 Å². The SMILES string of the molecule is CC(C)(C)O.Cc1cc2nc(-c3ccnc(-c4ccc(N(C)N)c(N)c4)c3)sc2c(-c2ccc(Cl)cc2)c1CC(=O)O. The molecule has 0 saturated heterocycles. The number of aromatic nitrogens is 2. The topological polar surface area (TPSA) is 139 Å². The molecule has 0 amide bonds. The predicted octanol–water partition coefficient (Wildman–Crippen LogP) is 6.95. The lowest BCUT2D eigenvalue weighted by atomic mass is 9.93. The number of aliphatic carboxylic acids is 1. The largest absolute Gasteiger partial charge is 0.481 e. The van der Waals surface area contributed by atoms with Crippen LogP contribution in [0.2, 0.25) is 5.02 Å². The average molecular weight is 604 g/mol. The molecule has 0 bridgehead atoms. The van der Waals surface area contributed by atoms with E-state index in [-0.39, 0.29) is 6.42 Å². The molecule has 0 aliphatic heterocycles. The van der Waals surface area contributed by atoms with Crippen molar-refractivity contribution >= 4 is 50.5 Å². The van der Waals surface area contributed by atoms with Gasteiger partial charge in [0.05, 0.1) is 39.3 Å². The van der Waals surface area contributed by atoms with Crippen molar-refractivity contribution in [1.82, 2.24) is 9.97 Å². The van der Waals surface area contributed by atoms with Crippen molar-refractivity contribution in [3.8, 4) is 33.0 Å². The molecule has 10 heteroatoms. The van der Waals surface area contributed by atoms with E-state index in [4.69, 9.17) is 33.3 Å². The van der Waals surface area contributed by atoms with Gasteiger partial charge in [-0.1, -0.05) is 29.8 Å². The number of anilines is 2. The number of nitrogens with two attached hydrogens (primary N) is 2. The van der Waals surface area contributed by atoms with Crippen LogP contribution < -0.4 is 16.6 Å². The Kier molecular flexibility index (Phi) is 9.18. The van der Waals surface area contributed by atoms with Gasteiger partial charge in [0.25, 0.3) is 0 Å². The van der Waals surface area contributed by atoms with Crippen LogP contribution in [0.15, 0.2) is 66.9 Å². The number of hydrazine groups is 1. The normalized spacial score (nSPS) is 11.2. The van der Waals surface area contributed by atoms with Crippen LogP contribution in [-0.2, 0) is 11.2 Å². The number of pyridine rings is 1. The number of rotatable bonds is 6. The fourth-order valence-electron chi connectivity index (χ4n) is 4.42. The second-order valence-electron chi connectivity index (χ2n) is 11.0. The van der Waals surface area contributed by atoms with E-state index >= 15 is 0 Å². The van der Waals surface area contributed by atoms with Crippen LogP contribution in [0.4, 0.5) is 11.4 Å². The average Bonchev–Trinajstić information content (AvgIpc) is 3.32. The molecule has 2 aromatic heterocycles. The first-order valence-corrected chi connectivity index (χ1v) is 14.4. The minimum absolute atomic E-state index is 0.0816. The zero-order valence-electron chi connectivity index (χ0n) is 24.1. The number of thiazole rings is 1. The van der Waals surface area contributed by atoms with Crippen LogP contribution in [0.5, 0.6) is 0 Å². The molecule has 0 spiro atoms. The Morgan fingerprint density at radius 2 is 1.67 bits per heavy atom. The number of hydrogen-bond donors (Lipinski definition) is 4. The van der Waals surface area contributed by atoms with Crippen LogP contribution in [0.3, 0.4) is 0 Å². The molecular formula is C32H34ClN5O3S. The third-order valence-electron chi connectivity index (χ3n) is 6.18. The van der Waals surface area contributed by atoms with Crippen LogP contribution in [0.1, 0.15) is 31.9 Å². The van der Waals surface area contributed by atoms with Gasteiger partial charge in [-0.3, -0.25) is 9.78 Å². The molecule has 5 aromatic rings. The predicted molar refractivity (Wildman–Crippen MR) is 174 cm³/mol. The summed E-state index contributed by atoms with van der Waals surface area (Å²) in [5.41, 5.74) is 13.8. The van der Waals surface area contributed by atoms with Gasteiger partial charge >= 0.3 is 5.97 Å². The molecular weight excluding hydrogens is 570 g/mol. The number of benzene rings is 3. The second kappa shape index (κ2) is 12.5. The Morgan fingerprint density at radius 3 is 2.26 bits per heavy atom. The molecule has 2 heterocycles. The van der Waals surface area contributed by atoms with Crippen molar-refractivity contribution in [2.45, 2.75) is 39.7 Å². The molecule has 3 aromatic carbocycles. The maximum atomic E-state index is 11.7. The zero-order chi connectivity index (χ0) is 30.8. The number of aryl methyl sites for hydroxylation is 1. The van der Waals surface area contributed by atoms with Gasteiger partial charge in [-0.2, -0.15) is 0 Å². The smallest absolute Gasteiger partial charge is 0.307 e. The minimum Gasteiger partial charge on any atom is -0.481 e. The van der Waals surface area contributed by atoms with E-state index in [1.807, 2.05) is 67.6 Å². The molecule has 5 rings (SSSR count). The fraction of sp³-hybridized carbons (Fsp3) is 0.219. The first-order chi connectivity index (χ1) is 19.7. The van der Waals surface area contributed by atoms with Gasteiger partial charge < -0.3 is 21.0 Å². The second-order valence-corrected chi connectivity index (χ2v) is 12.4. The number of carbonyl (C=O) groups is 1. The van der Waals surface area contributed by atoms with Gasteiger partial charge in [-0.15, -0.1) is 11.3 Å². The van der Waals surface area contributed by atoms with Crippen molar-refractivity contribution in [3.63, 3.8) is 0 Å². The van der Waals surface area contributed by atoms with Gasteiger partial charge in [-0.25, -0.2) is 10.8 Å². The molecule has 0 unspecified atom stereocenters. The highest BCUT2D eigenvalue weighted by atomic mass is 35.5. The number of nitrogens with zero attached hydrogens (tertiary/aromatic N) is 3. The van der Waals surface area contributed by atoms with Gasteiger partial charge in [0, 0.05) is 35.0 Å². The number of halogens is 1. The monoisotopic (exact) mass is 603 g/mol. The molecule has 0 atom stereocenters. The highest BCUT2D eigenvalue weighted by molar-refractivity contribution is 7.22. The summed E-state index contributed by atoms with van der Waals surface area (Å²) in [4.78, 5) is 21.2. The highest BCUT2D eigenvalue weighted by Crippen LogP contribution is 2.41. The first-order valence-electron chi connectivity index (χ1n) is 13.2. The zero-order valence-corrected chi connectivity index (χ0v) is 25.7. The van der Waals surface area contributed by atoms with Gasteiger partial charge in [0.2, 0.25) is 0 Å². The van der Waals surface area contributed by atoms with E-state index in [0.29, 0.717) is 10.7 Å². The maximum absolute atomic E-state index is 11.7. The third-order valence-corrected chi connectivity index (χ3v) is 7.57. The molecule has 8 nitrogen and oxygen atoms in total. The van der Waals surface area contributed by atoms with E-state index in [2.05, 4.69) is 4.98 Å². The molecule has 0 aliphatic carbocycles. The van der Waals surface area contributed by atoms with E-state index in [9.17, 15) is 9.90 Å². The summed E-state index contributed by atoms with van der Waals surface area (Å²) in [6, 6.07) is 18.9. The lowest BCUT2D eigenvalue weighted by Crippen LogP contribution is -2.25. The highest BCUT2D eigenvalue weighted by Gasteiger charge is 2.20. The summed E-state index contributed by atoms with van der Waals surface area (Å²) >= 11 is 7.66. The standard InChI is InChI=1S/C28H24ClN5O2S.C4H10O/c1-15-11-23-27(26(20(15)14-25(35)36)16-3-6-19(29)7-4-16)37-28(33-23)18-9-10-32-22(13-18)17-5-8-24(34(2)31)21(30)12-17;1-4(2,3)5/h3-13H,14,30-31H2,1-2H3,(H,35,36);5H,1-3H3. The van der Waals surface area contributed by atoms with E-state index in [0.717, 1.165) is 60.0 Å². The van der Waals surface area contributed by atoms with Crippen molar-refractivity contribution in [2.75, 3.05) is 17.8 Å². The van der Waals surface area contributed by atoms with Crippen LogP contribution in [0, 0.1) is 6.92 Å². The molecule has 0 aliphatic rings. The summed E-state index contributed by atoms with van der Waals surface area (Å²) in [6.07, 6.45) is 1.67. The summed E-state index contributed by atoms with van der Waals surface area (Å²) in [5.74, 6) is 4.96. The summed E-state index contributed by atoms with van der Waals surface area (Å²) < 4.78 is 0.928. The van der Waals surface area contributed by atoms with E-state index in [1.54, 1.807) is 34.0 Å². The third kappa shape index (κ3) is 7.43. The quantitative estimate of drug-likeness (QED) is 0.0929. The summed E-state index contributed by atoms with van der Waals surface area (Å²) in [5, 5.41) is 21.0. The fourth-order valence-corrected chi connectivity index (χ4v) is 5.68. The number of fused-ring (bicyclic) bond motifs is 1. The minimum atomic E-state index is -0.882. The molecule has 42 heavy (non-hydrogen) atoms. The number of nitrogen functional groups attached to an aromatic ring is 1. The van der Waals surface area contributed by atoms with Crippen molar-refractivity contribution in [1.29, 1.82) is 0 Å². The number of aliphatic hydroxyl groups is 1. The molecule has 0 saturated carbocycles. The summed E-state index contributed by atoms with van der Waals surface area (Å²) in [6.45, 7) is 7.15. The van der Waals surface area contributed by atoms with E-state index in [1.165, 1.54) is 16.3 Å². The number of carboxylic acid groups (broad SMARTS) is 1. The lowest BCUT2D eigenvalue weighted by molar-refractivity contribution is -0.136. The molecule has 0 radical (unpaired) electrons. The maximum Gasteiger partial charge on any atom is 0.307 e. The van der Waals surface area contributed by atoms with Gasteiger partial charge in [0.1, 0.15) is 5.01 Å². The number of hydrogen-bond acceptors (Lipinski definition) is 8. The Balaban J connectivity index is 0.000000748. The Morgan fingerprint density at radius 1 is 1.02 bits per heavy atom. The first kappa shape index (κ1) is 30.9. The Labute approximate surface area is 254 Å². The number of carboxylic acids is 1. The van der Waals surface area contributed by atoms with Crippen LogP contribution >= 0.6 is 22.9 Å². The van der Waals surface area contributed by atoms with Crippen molar-refractivity contribution in [2.24, 2.45) is 5.84 Å². The summed E-state index contributed by atoms with van der Waals surface area (Å²) in [7, 11) is 1.74.